The zero-order valence-corrected chi connectivity index (χ0v) is 25.3. The van der Waals surface area contributed by atoms with Crippen LogP contribution in [-0.2, 0) is 9.59 Å². The minimum absolute atomic E-state index is 0. The first-order valence-electron chi connectivity index (χ1n) is 13.4. The van der Waals surface area contributed by atoms with Crippen LogP contribution in [0.25, 0.3) is 0 Å². The van der Waals surface area contributed by atoms with Crippen LogP contribution in [0.1, 0.15) is 72.1 Å². The molecule has 7 nitrogen and oxygen atoms in total. The van der Waals surface area contributed by atoms with Crippen LogP contribution in [-0.4, -0.2) is 59.0 Å². The zero-order valence-electron chi connectivity index (χ0n) is 22.2. The van der Waals surface area contributed by atoms with Gasteiger partial charge >= 0.3 is 51.4 Å². The molecule has 0 heterocycles. The van der Waals surface area contributed by atoms with E-state index in [2.05, 4.69) is 26.1 Å². The zero-order chi connectivity index (χ0) is 25.0. The normalized spacial score (nSPS) is 47.6. The molecule has 8 heteroatoms. The summed E-state index contributed by atoms with van der Waals surface area (Å²) in [5, 5.41) is 47.8. The number of nitrogens with one attached hydrogen (secondary N) is 1. The van der Waals surface area contributed by atoms with E-state index in [1.165, 1.54) is 0 Å². The van der Waals surface area contributed by atoms with Crippen molar-refractivity contribution in [1.29, 1.82) is 0 Å². The Balaban J connectivity index is 0.00000342. The summed E-state index contributed by atoms with van der Waals surface area (Å²) in [5.74, 6) is -0.646. The Bertz CT molecular complexity index is 796. The summed E-state index contributed by atoms with van der Waals surface area (Å²) >= 11 is 0. The van der Waals surface area contributed by atoms with Gasteiger partial charge in [-0.1, -0.05) is 20.8 Å². The maximum Gasteiger partial charge on any atom is 1.00 e. The molecule has 194 valence electrons. The number of hydrogen-bond acceptors (Lipinski definition) is 7. The smallest absolute Gasteiger partial charge is 0.550 e. The number of aliphatic hydroxyl groups is 3. The molecule has 4 fully saturated rings. The van der Waals surface area contributed by atoms with Gasteiger partial charge in [0, 0.05) is 11.9 Å². The van der Waals surface area contributed by atoms with Crippen molar-refractivity contribution in [1.82, 2.24) is 5.32 Å². The average molecular weight is 518 g/mol. The van der Waals surface area contributed by atoms with E-state index >= 15 is 0 Å². The van der Waals surface area contributed by atoms with Gasteiger partial charge in [-0.05, 0) is 105 Å². The molecule has 0 radical (unpaired) electrons. The van der Waals surface area contributed by atoms with Crippen LogP contribution < -0.4 is 61.8 Å². The molecule has 0 aliphatic heterocycles. The molecule has 0 aromatic rings. The molecule has 4 aliphatic carbocycles. The summed E-state index contributed by atoms with van der Waals surface area (Å²) in [7, 11) is 1.76. The Labute approximate surface area is 252 Å². The quantitative estimate of drug-likeness (QED) is 0.291. The van der Waals surface area contributed by atoms with Gasteiger partial charge in [-0.25, -0.2) is 0 Å². The second-order valence-electron chi connectivity index (χ2n) is 12.5. The molecule has 12 atom stereocenters. The van der Waals surface area contributed by atoms with E-state index in [4.69, 9.17) is 0 Å². The fourth-order valence-corrected chi connectivity index (χ4v) is 9.56. The summed E-state index contributed by atoms with van der Waals surface area (Å²) in [6.07, 6.45) is 2.97. The molecule has 4 unspecified atom stereocenters. The van der Waals surface area contributed by atoms with E-state index in [1.54, 1.807) is 7.05 Å². The summed E-state index contributed by atoms with van der Waals surface area (Å²) in [5.41, 5.74) is -0.743. The van der Waals surface area contributed by atoms with Gasteiger partial charge in [0.05, 0.1) is 24.9 Å². The predicted octanol–water partition coefficient (Wildman–Crippen LogP) is -1.87. The first-order valence-corrected chi connectivity index (χ1v) is 13.4. The van der Waals surface area contributed by atoms with Crippen LogP contribution in [0.15, 0.2) is 0 Å². The average Bonchev–Trinajstić information content (AvgIpc) is 3.12. The van der Waals surface area contributed by atoms with Gasteiger partial charge in [0.2, 0.25) is 0 Å². The third kappa shape index (κ3) is 5.02. The predicted molar refractivity (Wildman–Crippen MR) is 125 cm³/mol. The summed E-state index contributed by atoms with van der Waals surface area (Å²) in [6.45, 7) is 6.70. The summed E-state index contributed by atoms with van der Waals surface area (Å²) in [6, 6.07) is 0. The Hall–Kier alpha value is 0.616. The van der Waals surface area contributed by atoms with E-state index in [1.807, 2.05) is 0 Å². The Morgan fingerprint density at radius 1 is 1.03 bits per heavy atom. The van der Waals surface area contributed by atoms with E-state index < -0.39 is 24.3 Å². The van der Waals surface area contributed by atoms with Crippen molar-refractivity contribution < 1.29 is 81.4 Å². The van der Waals surface area contributed by atoms with E-state index in [0.29, 0.717) is 32.1 Å². The molecule has 4 N–H and O–H groups in total. The van der Waals surface area contributed by atoms with Gasteiger partial charge in [0.15, 0.2) is 0 Å². The van der Waals surface area contributed by atoms with Crippen molar-refractivity contribution >= 4 is 11.8 Å². The molecule has 0 aromatic heterocycles. The van der Waals surface area contributed by atoms with Crippen LogP contribution >= 0.6 is 0 Å². The van der Waals surface area contributed by atoms with E-state index in [-0.39, 0.29) is 122 Å². The summed E-state index contributed by atoms with van der Waals surface area (Å²) < 4.78 is 0. The first kappa shape index (κ1) is 30.2. The number of aliphatic hydroxyl groups excluding tert-OH is 3. The topological polar surface area (TPSA) is 130 Å². The minimum atomic E-state index is -1.03. The fourth-order valence-electron chi connectivity index (χ4n) is 9.56. The largest absolute Gasteiger partial charge is 1.00 e. The molecule has 4 aliphatic rings. The number of carbonyl (C=O) groups is 2. The molecule has 0 bridgehead atoms. The van der Waals surface area contributed by atoms with Crippen molar-refractivity contribution in [2.75, 3.05) is 13.6 Å². The number of carboxylic acids is 1. The number of fused-ring (bicyclic) bond motifs is 5. The van der Waals surface area contributed by atoms with Crippen LogP contribution in [0.2, 0.25) is 0 Å². The van der Waals surface area contributed by atoms with Gasteiger partial charge < -0.3 is 30.5 Å². The molecule has 35 heavy (non-hydrogen) atoms. The molecule has 4 rings (SSSR count). The fraction of sp³-hybridized carbons (Fsp3) is 0.926. The first-order chi connectivity index (χ1) is 16.0. The molecular weight excluding hydrogens is 473 g/mol. The number of carboxylic acid groups (broad SMARTS) is 1. The maximum atomic E-state index is 13.2. The van der Waals surface area contributed by atoms with E-state index in [9.17, 15) is 30.0 Å². The van der Waals surface area contributed by atoms with Gasteiger partial charge in [0.25, 0.3) is 0 Å². The second kappa shape index (κ2) is 11.4. The molecule has 0 aromatic carbocycles. The number of ketones is 1. The number of likely N-dealkylation sites (N-methyl/N-ethyl adjacent to an activating group) is 1. The number of carbonyl (C=O) groups excluding carboxylic acids is 2. The van der Waals surface area contributed by atoms with Crippen LogP contribution in [0.4, 0.5) is 0 Å². The van der Waals surface area contributed by atoms with Crippen molar-refractivity contribution in [3.05, 3.63) is 0 Å². The van der Waals surface area contributed by atoms with Crippen LogP contribution in [0.3, 0.4) is 0 Å². The monoisotopic (exact) mass is 517 g/mol. The van der Waals surface area contributed by atoms with Crippen molar-refractivity contribution in [2.45, 2.75) is 90.4 Å². The van der Waals surface area contributed by atoms with Gasteiger partial charge in [-0.2, -0.15) is 0 Å². The van der Waals surface area contributed by atoms with Crippen molar-refractivity contribution in [3.63, 3.8) is 0 Å². The number of Topliss-reactive ketones (excluding diaryl/α,β-unsaturated/α-hetero) is 1. The molecule has 0 saturated heterocycles. The number of hydrogen-bond donors (Lipinski definition) is 4. The molecule has 4 saturated carbocycles. The number of aliphatic carboxylic acids is 1. The van der Waals surface area contributed by atoms with Gasteiger partial charge in [-0.3, -0.25) is 4.79 Å². The Morgan fingerprint density at radius 3 is 2.34 bits per heavy atom. The number of rotatable bonds is 7. The summed E-state index contributed by atoms with van der Waals surface area (Å²) in [4.78, 5) is 24.3. The standard InChI is InChI=1S/C27H45NO6.K/c1-14(5-8-24(33)34)17-6-7-18-25-20(12-23(32)27(17,18)3)26(2)15(10-21(25)30)9-16(29)11-19(26)22(31)13-28-4;/h14-21,23,25,28-30,32H,5-13H2,1-4H3,(H,33,34);/q;+1/p-1/t14-,15+,16+,17-,18?,19?,20?,21-,23+,25?,26-,27-;/m1./s1. The molecule has 0 amide bonds. The Kier molecular flexibility index (Phi) is 9.81. The third-order valence-corrected chi connectivity index (χ3v) is 11.2. The molecular formula is C27H44KNO6. The van der Waals surface area contributed by atoms with Gasteiger partial charge in [0.1, 0.15) is 5.78 Å². The third-order valence-electron chi connectivity index (χ3n) is 11.2. The van der Waals surface area contributed by atoms with Crippen LogP contribution in [0.5, 0.6) is 0 Å². The Morgan fingerprint density at radius 2 is 1.71 bits per heavy atom. The van der Waals surface area contributed by atoms with Crippen LogP contribution in [0, 0.1) is 52.3 Å². The van der Waals surface area contributed by atoms with E-state index in [0.717, 1.165) is 12.8 Å². The van der Waals surface area contributed by atoms with Crippen molar-refractivity contribution in [3.8, 4) is 0 Å². The maximum absolute atomic E-state index is 13.2. The van der Waals surface area contributed by atoms with Crippen molar-refractivity contribution in [2.24, 2.45) is 52.3 Å². The SMILES string of the molecule is CNCC(=O)C1C[C@@H](O)C[C@H]2C[C@@H](O)C3C(C[C@H](O)[C@@]4(C)C3CC[C@@H]4[C@H](C)CCC(=O)[O-])[C@@]12C.[K+]. The van der Waals surface area contributed by atoms with Gasteiger partial charge in [-0.15, -0.1) is 0 Å². The molecule has 0 spiro atoms. The minimum Gasteiger partial charge on any atom is -0.550 e. The second-order valence-corrected chi connectivity index (χ2v) is 12.5.